The highest BCUT2D eigenvalue weighted by Crippen LogP contribution is 2.29. The van der Waals surface area contributed by atoms with Gasteiger partial charge in [0.25, 0.3) is 0 Å². The molecule has 0 amide bonds. The van der Waals surface area contributed by atoms with Gasteiger partial charge in [-0.25, -0.2) is 0 Å². The van der Waals surface area contributed by atoms with Crippen LogP contribution in [-0.2, 0) is 0 Å². The average Bonchev–Trinajstić information content (AvgIpc) is 2.23. The minimum atomic E-state index is -0.0370. The van der Waals surface area contributed by atoms with E-state index in [1.54, 1.807) is 5.38 Å². The van der Waals surface area contributed by atoms with Crippen molar-refractivity contribution >= 4 is 11.3 Å². The maximum Gasteiger partial charge on any atom is 0.214 e. The van der Waals surface area contributed by atoms with Gasteiger partial charge in [0, 0.05) is 0 Å². The van der Waals surface area contributed by atoms with Crippen molar-refractivity contribution in [1.82, 2.24) is 0 Å². The standard InChI is InChI=1S/C4H4O2S.C2H4/c5-3-1-2-7-4(3)6;1-2/h1-2,5-6H;1-2H2. The van der Waals surface area contributed by atoms with E-state index in [0.717, 1.165) is 11.3 Å². The second kappa shape index (κ2) is 3.97. The fraction of sp³-hybridized carbons (Fsp3) is 0. The molecule has 3 heteroatoms. The molecule has 0 radical (unpaired) electrons. The minimum absolute atomic E-state index is 0.0139. The van der Waals surface area contributed by atoms with Crippen LogP contribution in [0.3, 0.4) is 0 Å². The normalized spacial score (nSPS) is 7.56. The first-order chi connectivity index (χ1) is 4.30. The molecular weight excluding hydrogens is 136 g/mol. The second-order valence-electron chi connectivity index (χ2n) is 1.11. The van der Waals surface area contributed by atoms with Crippen molar-refractivity contribution in [1.29, 1.82) is 0 Å². The third kappa shape index (κ3) is 2.19. The molecule has 0 spiro atoms. The van der Waals surface area contributed by atoms with Crippen LogP contribution < -0.4 is 0 Å². The van der Waals surface area contributed by atoms with Crippen molar-refractivity contribution < 1.29 is 10.2 Å². The fourth-order valence-corrected chi connectivity index (χ4v) is 0.809. The molecule has 50 valence electrons. The molecule has 0 saturated heterocycles. The Morgan fingerprint density at radius 2 is 1.89 bits per heavy atom. The Morgan fingerprint density at radius 3 is 2.00 bits per heavy atom. The van der Waals surface area contributed by atoms with E-state index in [2.05, 4.69) is 13.2 Å². The maximum absolute atomic E-state index is 8.53. The van der Waals surface area contributed by atoms with Gasteiger partial charge in [-0.05, 0) is 11.4 Å². The van der Waals surface area contributed by atoms with Gasteiger partial charge in [-0.15, -0.1) is 24.5 Å². The van der Waals surface area contributed by atoms with Gasteiger partial charge in [-0.3, -0.25) is 0 Å². The molecule has 9 heavy (non-hydrogen) atoms. The van der Waals surface area contributed by atoms with Gasteiger partial charge in [0.2, 0.25) is 5.06 Å². The Hall–Kier alpha value is -0.960. The summed E-state index contributed by atoms with van der Waals surface area (Å²) >= 11 is 1.11. The van der Waals surface area contributed by atoms with Crippen LogP contribution in [0.1, 0.15) is 0 Å². The number of rotatable bonds is 0. The van der Waals surface area contributed by atoms with Gasteiger partial charge in [-0.1, -0.05) is 0 Å². The van der Waals surface area contributed by atoms with Crippen LogP contribution in [0.5, 0.6) is 10.8 Å². The molecule has 0 aliphatic rings. The molecule has 0 unspecified atom stereocenters. The Bertz CT molecular complexity index is 155. The summed E-state index contributed by atoms with van der Waals surface area (Å²) in [5.41, 5.74) is 0. The van der Waals surface area contributed by atoms with Crippen LogP contribution >= 0.6 is 11.3 Å². The summed E-state index contributed by atoms with van der Waals surface area (Å²) in [7, 11) is 0. The zero-order chi connectivity index (χ0) is 7.28. The lowest BCUT2D eigenvalue weighted by Gasteiger charge is -1.79. The fourth-order valence-electron chi connectivity index (χ4n) is 0.295. The van der Waals surface area contributed by atoms with Crippen molar-refractivity contribution in [2.75, 3.05) is 0 Å². The first-order valence-corrected chi connectivity index (χ1v) is 3.14. The van der Waals surface area contributed by atoms with Crippen molar-refractivity contribution in [2.45, 2.75) is 0 Å². The van der Waals surface area contributed by atoms with Gasteiger partial charge >= 0.3 is 0 Å². The monoisotopic (exact) mass is 144 g/mol. The van der Waals surface area contributed by atoms with Gasteiger partial charge in [0.05, 0.1) is 0 Å². The van der Waals surface area contributed by atoms with Gasteiger partial charge in [0.15, 0.2) is 5.75 Å². The lowest BCUT2D eigenvalue weighted by molar-refractivity contribution is 0.415. The van der Waals surface area contributed by atoms with Gasteiger partial charge in [0.1, 0.15) is 0 Å². The van der Waals surface area contributed by atoms with E-state index in [1.165, 1.54) is 6.07 Å². The summed E-state index contributed by atoms with van der Waals surface area (Å²) in [6, 6.07) is 1.44. The lowest BCUT2D eigenvalue weighted by atomic mass is 10.6. The molecule has 1 aromatic rings. The quantitative estimate of drug-likeness (QED) is 0.546. The Morgan fingerprint density at radius 1 is 1.33 bits per heavy atom. The van der Waals surface area contributed by atoms with Crippen LogP contribution in [0.15, 0.2) is 24.6 Å². The Labute approximate surface area is 57.7 Å². The minimum Gasteiger partial charge on any atom is -0.504 e. The molecule has 1 rings (SSSR count). The predicted molar refractivity (Wildman–Crippen MR) is 38.9 cm³/mol. The van der Waals surface area contributed by atoms with E-state index in [-0.39, 0.29) is 10.8 Å². The van der Waals surface area contributed by atoms with E-state index in [4.69, 9.17) is 10.2 Å². The highest BCUT2D eigenvalue weighted by Gasteiger charge is 1.94. The molecule has 0 bridgehead atoms. The van der Waals surface area contributed by atoms with E-state index < -0.39 is 0 Å². The van der Waals surface area contributed by atoms with Crippen molar-refractivity contribution in [3.63, 3.8) is 0 Å². The van der Waals surface area contributed by atoms with Crippen molar-refractivity contribution in [2.24, 2.45) is 0 Å². The molecule has 1 aromatic heterocycles. The maximum atomic E-state index is 8.53. The highest BCUT2D eigenvalue weighted by atomic mass is 32.1. The number of aromatic hydroxyl groups is 2. The largest absolute Gasteiger partial charge is 0.504 e. The Balaban J connectivity index is 0.000000291. The molecular formula is C6H8O2S. The predicted octanol–water partition coefficient (Wildman–Crippen LogP) is 1.96. The number of thiophene rings is 1. The Kier molecular flexibility index (Phi) is 3.55. The molecule has 0 aromatic carbocycles. The van der Waals surface area contributed by atoms with Crippen LogP contribution in [-0.4, -0.2) is 10.2 Å². The third-order valence-electron chi connectivity index (χ3n) is 0.625. The summed E-state index contributed by atoms with van der Waals surface area (Å²) < 4.78 is 0. The van der Waals surface area contributed by atoms with Crippen molar-refractivity contribution in [3.05, 3.63) is 24.6 Å². The molecule has 0 fully saturated rings. The van der Waals surface area contributed by atoms with Crippen molar-refractivity contribution in [3.8, 4) is 10.8 Å². The van der Waals surface area contributed by atoms with E-state index >= 15 is 0 Å². The highest BCUT2D eigenvalue weighted by molar-refractivity contribution is 7.12. The first kappa shape index (κ1) is 8.04. The topological polar surface area (TPSA) is 40.5 Å². The van der Waals surface area contributed by atoms with E-state index in [0.29, 0.717) is 0 Å². The number of hydrogen-bond acceptors (Lipinski definition) is 3. The summed E-state index contributed by atoms with van der Waals surface area (Å²) in [4.78, 5) is 0. The van der Waals surface area contributed by atoms with Crippen LogP contribution in [0.25, 0.3) is 0 Å². The first-order valence-electron chi connectivity index (χ1n) is 2.26. The molecule has 2 nitrogen and oxygen atoms in total. The van der Waals surface area contributed by atoms with Crippen LogP contribution in [0.2, 0.25) is 0 Å². The molecule has 0 atom stereocenters. The zero-order valence-corrected chi connectivity index (χ0v) is 5.69. The smallest absolute Gasteiger partial charge is 0.214 e. The average molecular weight is 144 g/mol. The summed E-state index contributed by atoms with van der Waals surface area (Å²) in [6.07, 6.45) is 0. The van der Waals surface area contributed by atoms with Crippen LogP contribution in [0.4, 0.5) is 0 Å². The van der Waals surface area contributed by atoms with Crippen LogP contribution in [0, 0.1) is 0 Å². The summed E-state index contributed by atoms with van der Waals surface area (Å²) in [5, 5.41) is 18.6. The summed E-state index contributed by atoms with van der Waals surface area (Å²) in [5.74, 6) is -0.0370. The second-order valence-corrected chi connectivity index (χ2v) is 2.01. The van der Waals surface area contributed by atoms with E-state index in [9.17, 15) is 0 Å². The molecule has 1 heterocycles. The third-order valence-corrected chi connectivity index (χ3v) is 1.33. The van der Waals surface area contributed by atoms with Gasteiger partial charge in [-0.2, -0.15) is 0 Å². The molecule has 0 aliphatic carbocycles. The van der Waals surface area contributed by atoms with Gasteiger partial charge < -0.3 is 10.2 Å². The van der Waals surface area contributed by atoms with E-state index in [1.807, 2.05) is 0 Å². The SMILES string of the molecule is C=C.Oc1ccsc1O. The summed E-state index contributed by atoms with van der Waals surface area (Å²) in [6.45, 7) is 6.00. The zero-order valence-electron chi connectivity index (χ0n) is 4.87. The molecule has 2 N–H and O–H groups in total. The molecule has 0 aliphatic heterocycles. The lowest BCUT2D eigenvalue weighted by Crippen LogP contribution is -1.48. The number of hydrogen-bond donors (Lipinski definition) is 2. The molecule has 0 saturated carbocycles.